The SMILES string of the molecule is CSSC(C)(C)CNC(=O)c1cc(-c2ccc(NC(=O)c3cc(NC(=O)OC(C)(C)C)cn3C)cc2)cn1C. The van der Waals surface area contributed by atoms with E-state index in [-0.39, 0.29) is 16.6 Å². The predicted octanol–water partition coefficient (Wildman–Crippen LogP) is 6.15. The van der Waals surface area contributed by atoms with E-state index in [1.54, 1.807) is 66.2 Å². The molecule has 0 aliphatic carbocycles. The fraction of sp³-hybridized carbons (Fsp3) is 0.393. The molecule has 0 bridgehead atoms. The first-order valence-corrected chi connectivity index (χ1v) is 15.0. The summed E-state index contributed by atoms with van der Waals surface area (Å²) in [5.41, 5.74) is 3.23. The number of nitrogens with zero attached hydrogens (tertiary/aromatic N) is 2. The average Bonchev–Trinajstić information content (AvgIpc) is 3.39. The van der Waals surface area contributed by atoms with Crippen LogP contribution >= 0.6 is 21.6 Å². The lowest BCUT2D eigenvalue weighted by atomic mass is 10.1. The monoisotopic (exact) mass is 571 g/mol. The molecule has 9 nitrogen and oxygen atoms in total. The fourth-order valence-corrected chi connectivity index (χ4v) is 5.92. The molecule has 1 aromatic carbocycles. The van der Waals surface area contributed by atoms with Crippen molar-refractivity contribution in [1.29, 1.82) is 0 Å². The topological polar surface area (TPSA) is 106 Å². The molecule has 0 aliphatic heterocycles. The molecule has 0 radical (unpaired) electrons. The van der Waals surface area contributed by atoms with Gasteiger partial charge >= 0.3 is 6.09 Å². The maximum absolute atomic E-state index is 12.9. The van der Waals surface area contributed by atoms with Gasteiger partial charge in [-0.15, -0.1) is 0 Å². The number of nitrogens with one attached hydrogen (secondary N) is 3. The number of ether oxygens (including phenoxy) is 1. The Morgan fingerprint density at radius 3 is 2.05 bits per heavy atom. The molecule has 2 aromatic heterocycles. The molecular formula is C28H37N5O4S2. The van der Waals surface area contributed by atoms with Crippen LogP contribution in [0, 0.1) is 0 Å². The molecular weight excluding hydrogens is 534 g/mol. The van der Waals surface area contributed by atoms with Crippen LogP contribution in [0.25, 0.3) is 11.1 Å². The summed E-state index contributed by atoms with van der Waals surface area (Å²) in [5, 5.41) is 8.56. The highest BCUT2D eigenvalue weighted by Crippen LogP contribution is 2.33. The Bertz CT molecular complexity index is 1340. The Morgan fingerprint density at radius 2 is 1.44 bits per heavy atom. The van der Waals surface area contributed by atoms with E-state index in [1.807, 2.05) is 54.4 Å². The Balaban J connectivity index is 1.64. The van der Waals surface area contributed by atoms with Gasteiger partial charge in [-0.3, -0.25) is 14.9 Å². The number of hydrogen-bond acceptors (Lipinski definition) is 6. The molecule has 3 N–H and O–H groups in total. The van der Waals surface area contributed by atoms with Gasteiger partial charge in [0.15, 0.2) is 0 Å². The molecule has 0 atom stereocenters. The van der Waals surface area contributed by atoms with E-state index >= 15 is 0 Å². The summed E-state index contributed by atoms with van der Waals surface area (Å²) >= 11 is 0. The summed E-state index contributed by atoms with van der Waals surface area (Å²) in [6.07, 6.45) is 5.00. The van der Waals surface area contributed by atoms with Gasteiger partial charge in [0.2, 0.25) is 0 Å². The number of carbonyl (C=O) groups excluding carboxylic acids is 3. The van der Waals surface area contributed by atoms with Crippen molar-refractivity contribution >= 4 is 50.9 Å². The van der Waals surface area contributed by atoms with E-state index in [1.165, 1.54) is 0 Å². The zero-order chi connectivity index (χ0) is 29.0. The molecule has 210 valence electrons. The van der Waals surface area contributed by atoms with E-state index in [0.717, 1.165) is 11.1 Å². The second kappa shape index (κ2) is 12.3. The zero-order valence-corrected chi connectivity index (χ0v) is 25.3. The van der Waals surface area contributed by atoms with E-state index < -0.39 is 11.7 Å². The highest BCUT2D eigenvalue weighted by Gasteiger charge is 2.21. The molecule has 0 aliphatic rings. The van der Waals surface area contributed by atoms with E-state index in [9.17, 15) is 14.4 Å². The Kier molecular flexibility index (Phi) is 9.50. The van der Waals surface area contributed by atoms with Gasteiger partial charge < -0.3 is 24.5 Å². The number of hydrogen-bond donors (Lipinski definition) is 3. The largest absolute Gasteiger partial charge is 0.444 e. The third-order valence-corrected chi connectivity index (χ3v) is 8.20. The van der Waals surface area contributed by atoms with Crippen LogP contribution in [0.3, 0.4) is 0 Å². The van der Waals surface area contributed by atoms with Gasteiger partial charge in [0.25, 0.3) is 11.8 Å². The van der Waals surface area contributed by atoms with Crippen molar-refractivity contribution in [2.45, 2.75) is 45.0 Å². The van der Waals surface area contributed by atoms with Gasteiger partial charge in [0, 0.05) is 49.0 Å². The fourth-order valence-electron chi connectivity index (χ4n) is 3.81. The minimum Gasteiger partial charge on any atom is -0.444 e. The first kappa shape index (κ1) is 30.2. The van der Waals surface area contributed by atoms with Gasteiger partial charge in [0.1, 0.15) is 17.0 Å². The molecule has 0 saturated carbocycles. The summed E-state index contributed by atoms with van der Waals surface area (Å²) in [7, 11) is 6.99. The second-order valence-corrected chi connectivity index (χ2v) is 13.9. The van der Waals surface area contributed by atoms with Crippen molar-refractivity contribution in [3.63, 3.8) is 0 Å². The number of aromatic nitrogens is 2. The highest BCUT2D eigenvalue weighted by atomic mass is 33.1. The summed E-state index contributed by atoms with van der Waals surface area (Å²) in [5.74, 6) is -0.436. The molecule has 3 rings (SSSR count). The van der Waals surface area contributed by atoms with Crippen LogP contribution in [0.15, 0.2) is 48.8 Å². The number of amides is 3. The van der Waals surface area contributed by atoms with Crippen LogP contribution in [0.5, 0.6) is 0 Å². The molecule has 2 heterocycles. The number of benzene rings is 1. The average molecular weight is 572 g/mol. The maximum atomic E-state index is 12.9. The lowest BCUT2D eigenvalue weighted by Gasteiger charge is -2.22. The van der Waals surface area contributed by atoms with Crippen molar-refractivity contribution in [2.24, 2.45) is 14.1 Å². The van der Waals surface area contributed by atoms with E-state index in [0.29, 0.717) is 29.3 Å². The third-order valence-electron chi connectivity index (χ3n) is 5.58. The molecule has 0 fully saturated rings. The van der Waals surface area contributed by atoms with Crippen molar-refractivity contribution < 1.29 is 19.1 Å². The van der Waals surface area contributed by atoms with Crippen LogP contribution in [-0.2, 0) is 18.8 Å². The zero-order valence-electron chi connectivity index (χ0n) is 23.7. The van der Waals surface area contributed by atoms with Crippen LogP contribution < -0.4 is 16.0 Å². The molecule has 3 amide bonds. The van der Waals surface area contributed by atoms with Gasteiger partial charge in [-0.1, -0.05) is 33.7 Å². The minimum atomic E-state index is -0.622. The number of carbonyl (C=O) groups is 3. The predicted molar refractivity (Wildman–Crippen MR) is 162 cm³/mol. The quantitative estimate of drug-likeness (QED) is 0.266. The van der Waals surface area contributed by atoms with Crippen LogP contribution in [0.1, 0.15) is 55.6 Å². The van der Waals surface area contributed by atoms with Crippen LogP contribution in [0.4, 0.5) is 16.2 Å². The van der Waals surface area contributed by atoms with Crippen molar-refractivity contribution in [3.05, 3.63) is 60.2 Å². The van der Waals surface area contributed by atoms with E-state index in [4.69, 9.17) is 4.74 Å². The molecule has 11 heteroatoms. The van der Waals surface area contributed by atoms with Gasteiger partial charge in [-0.05, 0) is 70.7 Å². The Hall–Kier alpha value is -3.31. The lowest BCUT2D eigenvalue weighted by molar-refractivity contribution is 0.0635. The maximum Gasteiger partial charge on any atom is 0.412 e. The van der Waals surface area contributed by atoms with Gasteiger partial charge in [-0.2, -0.15) is 0 Å². The van der Waals surface area contributed by atoms with Crippen molar-refractivity contribution in [3.8, 4) is 11.1 Å². The van der Waals surface area contributed by atoms with Gasteiger partial charge in [0.05, 0.1) is 5.69 Å². The third kappa shape index (κ3) is 8.59. The number of rotatable bonds is 9. The summed E-state index contributed by atoms with van der Waals surface area (Å²) in [4.78, 5) is 37.7. The summed E-state index contributed by atoms with van der Waals surface area (Å²) in [6.45, 7) is 10.1. The Morgan fingerprint density at radius 1 is 0.821 bits per heavy atom. The number of anilines is 2. The van der Waals surface area contributed by atoms with Crippen LogP contribution in [-0.4, -0.2) is 50.2 Å². The Labute approximate surface area is 237 Å². The minimum absolute atomic E-state index is 0.0705. The van der Waals surface area contributed by atoms with Gasteiger partial charge in [-0.25, -0.2) is 4.79 Å². The molecule has 3 aromatic rings. The standard InChI is InChI=1S/C28H37N5O4S2/c1-27(2,3)37-26(36)31-21-14-23(33(7)16-21)25(35)30-20-11-9-18(10-12-20)19-13-22(32(6)15-19)24(34)29-17-28(4,5)39-38-8/h9-16H,17H2,1-8H3,(H,29,34)(H,30,35)(H,31,36). The normalized spacial score (nSPS) is 11.7. The van der Waals surface area contributed by atoms with Crippen molar-refractivity contribution in [1.82, 2.24) is 14.5 Å². The molecule has 0 spiro atoms. The number of aryl methyl sites for hydroxylation is 2. The summed E-state index contributed by atoms with van der Waals surface area (Å²) in [6, 6.07) is 10.9. The lowest BCUT2D eigenvalue weighted by Crippen LogP contribution is -2.36. The van der Waals surface area contributed by atoms with Crippen molar-refractivity contribution in [2.75, 3.05) is 23.4 Å². The summed E-state index contributed by atoms with van der Waals surface area (Å²) < 4.78 is 8.64. The first-order valence-electron chi connectivity index (χ1n) is 12.4. The second-order valence-electron chi connectivity index (χ2n) is 10.8. The van der Waals surface area contributed by atoms with Crippen LogP contribution in [0.2, 0.25) is 0 Å². The highest BCUT2D eigenvalue weighted by molar-refractivity contribution is 8.77. The smallest absolute Gasteiger partial charge is 0.412 e. The first-order chi connectivity index (χ1) is 18.2. The molecule has 0 saturated heterocycles. The van der Waals surface area contributed by atoms with E-state index in [2.05, 4.69) is 29.8 Å². The molecule has 39 heavy (non-hydrogen) atoms. The molecule has 0 unspecified atom stereocenters.